The summed E-state index contributed by atoms with van der Waals surface area (Å²) in [7, 11) is 0. The number of benzene rings is 1. The number of halogens is 1. The van der Waals surface area contributed by atoms with Crippen LogP contribution in [-0.2, 0) is 4.79 Å². The number of hydrogen-bond acceptors (Lipinski definition) is 4. The van der Waals surface area contributed by atoms with Crippen LogP contribution in [0.3, 0.4) is 0 Å². The number of carbonyl (C=O) groups excluding carboxylic acids is 1. The standard InChI is InChI=1S/C10H10INO4.K.H/c1-2-3-10(13)16-9-5-4-7(11)6-8(9)12(14)15;;/h4-6H,2-3H2,1H3;;/q;+1;-1. The molecule has 0 radical (unpaired) electrons. The SMILES string of the molecule is CCCC(=O)Oc1ccc(I)cc1[N+](=O)[O-].[H-].[K+]. The average molecular weight is 375 g/mol. The van der Waals surface area contributed by atoms with Crippen molar-refractivity contribution in [2.24, 2.45) is 0 Å². The van der Waals surface area contributed by atoms with Gasteiger partial charge in [0.05, 0.1) is 4.92 Å². The monoisotopic (exact) mass is 375 g/mol. The Hall–Kier alpha value is 0.456. The quantitative estimate of drug-likeness (QED) is 0.186. The van der Waals surface area contributed by atoms with Crippen molar-refractivity contribution in [3.8, 4) is 5.75 Å². The molecule has 0 aromatic heterocycles. The molecule has 1 rings (SSSR count). The van der Waals surface area contributed by atoms with Crippen LogP contribution < -0.4 is 56.1 Å². The predicted molar refractivity (Wildman–Crippen MR) is 67.5 cm³/mol. The Balaban J connectivity index is 0. The molecule has 0 atom stereocenters. The molecule has 1 aromatic rings. The predicted octanol–water partition coefficient (Wildman–Crippen LogP) is 0.0214. The second kappa shape index (κ2) is 8.54. The van der Waals surface area contributed by atoms with Crippen LogP contribution in [0, 0.1) is 13.7 Å². The number of esters is 1. The fourth-order valence-electron chi connectivity index (χ4n) is 1.10. The molecule has 0 aliphatic carbocycles. The average Bonchev–Trinajstić information content (AvgIpc) is 2.20. The van der Waals surface area contributed by atoms with Gasteiger partial charge in [-0.15, -0.1) is 0 Å². The van der Waals surface area contributed by atoms with E-state index in [1.807, 2.05) is 29.5 Å². The minimum absolute atomic E-state index is 0. The van der Waals surface area contributed by atoms with Crippen molar-refractivity contribution < 1.29 is 67.3 Å². The van der Waals surface area contributed by atoms with Gasteiger partial charge in [-0.05, 0) is 41.1 Å². The molecule has 7 heteroatoms. The molecule has 88 valence electrons. The van der Waals surface area contributed by atoms with E-state index < -0.39 is 10.9 Å². The Morgan fingerprint density at radius 2 is 2.24 bits per heavy atom. The smallest absolute Gasteiger partial charge is 1.00 e. The van der Waals surface area contributed by atoms with E-state index in [9.17, 15) is 14.9 Å². The van der Waals surface area contributed by atoms with Gasteiger partial charge in [0.15, 0.2) is 0 Å². The van der Waals surface area contributed by atoms with E-state index in [0.29, 0.717) is 6.42 Å². The van der Waals surface area contributed by atoms with Crippen molar-refractivity contribution in [1.29, 1.82) is 0 Å². The van der Waals surface area contributed by atoms with E-state index in [0.717, 1.165) is 3.57 Å². The summed E-state index contributed by atoms with van der Waals surface area (Å²) in [6, 6.07) is 4.46. The van der Waals surface area contributed by atoms with Crippen molar-refractivity contribution in [1.82, 2.24) is 0 Å². The zero-order chi connectivity index (χ0) is 12.1. The van der Waals surface area contributed by atoms with E-state index in [-0.39, 0.29) is 70.7 Å². The van der Waals surface area contributed by atoms with Crippen LogP contribution in [0.5, 0.6) is 5.75 Å². The van der Waals surface area contributed by atoms with Gasteiger partial charge in [-0.3, -0.25) is 14.9 Å². The molecular weight excluding hydrogens is 364 g/mol. The summed E-state index contributed by atoms with van der Waals surface area (Å²) in [5.74, 6) is -0.448. The summed E-state index contributed by atoms with van der Waals surface area (Å²) < 4.78 is 5.64. The molecule has 0 heterocycles. The minimum Gasteiger partial charge on any atom is -1.00 e. The van der Waals surface area contributed by atoms with E-state index in [2.05, 4.69) is 0 Å². The third-order valence-electron chi connectivity index (χ3n) is 1.80. The van der Waals surface area contributed by atoms with Crippen LogP contribution in [-0.4, -0.2) is 10.9 Å². The first-order valence-electron chi connectivity index (χ1n) is 4.69. The second-order valence-corrected chi connectivity index (χ2v) is 4.34. The van der Waals surface area contributed by atoms with E-state index in [4.69, 9.17) is 4.74 Å². The van der Waals surface area contributed by atoms with Gasteiger partial charge in [0.25, 0.3) is 0 Å². The maximum absolute atomic E-state index is 11.2. The van der Waals surface area contributed by atoms with Crippen molar-refractivity contribution in [2.75, 3.05) is 0 Å². The van der Waals surface area contributed by atoms with Crippen LogP contribution in [0.4, 0.5) is 5.69 Å². The van der Waals surface area contributed by atoms with Gasteiger partial charge in [0.1, 0.15) is 0 Å². The fraction of sp³-hybridized carbons (Fsp3) is 0.300. The van der Waals surface area contributed by atoms with E-state index >= 15 is 0 Å². The van der Waals surface area contributed by atoms with Crippen molar-refractivity contribution in [3.63, 3.8) is 0 Å². The molecule has 0 fully saturated rings. The Kier molecular flexibility index (Phi) is 8.77. The molecule has 1 aromatic carbocycles. The maximum Gasteiger partial charge on any atom is 1.00 e. The fourth-order valence-corrected chi connectivity index (χ4v) is 1.57. The maximum atomic E-state index is 11.2. The van der Waals surface area contributed by atoms with Crippen molar-refractivity contribution in [3.05, 3.63) is 31.9 Å². The zero-order valence-electron chi connectivity index (χ0n) is 10.6. The van der Waals surface area contributed by atoms with Crippen LogP contribution >= 0.6 is 22.6 Å². The molecule has 0 spiro atoms. The molecule has 0 aliphatic rings. The van der Waals surface area contributed by atoms with Crippen LogP contribution in [0.1, 0.15) is 21.2 Å². The summed E-state index contributed by atoms with van der Waals surface area (Å²) in [4.78, 5) is 21.4. The first-order chi connectivity index (χ1) is 7.54. The topological polar surface area (TPSA) is 69.4 Å². The van der Waals surface area contributed by atoms with Gasteiger partial charge < -0.3 is 6.16 Å². The van der Waals surface area contributed by atoms with Gasteiger partial charge in [-0.2, -0.15) is 0 Å². The largest absolute Gasteiger partial charge is 1.00 e. The number of rotatable bonds is 4. The minimum atomic E-state index is -0.559. The number of hydrogen-bond donors (Lipinski definition) is 0. The number of nitrogens with zero attached hydrogens (tertiary/aromatic N) is 1. The molecule has 0 N–H and O–H groups in total. The molecule has 0 saturated carbocycles. The van der Waals surface area contributed by atoms with Crippen LogP contribution in [0.15, 0.2) is 18.2 Å². The van der Waals surface area contributed by atoms with E-state index in [1.54, 1.807) is 6.07 Å². The summed E-state index contributed by atoms with van der Waals surface area (Å²) in [6.07, 6.45) is 0.903. The number of ether oxygens (including phenoxy) is 1. The van der Waals surface area contributed by atoms with Crippen LogP contribution in [0.25, 0.3) is 0 Å². The first-order valence-corrected chi connectivity index (χ1v) is 5.77. The summed E-state index contributed by atoms with van der Waals surface area (Å²) in [5.41, 5.74) is -0.184. The molecule has 5 nitrogen and oxygen atoms in total. The first kappa shape index (κ1) is 17.5. The second-order valence-electron chi connectivity index (χ2n) is 3.09. The summed E-state index contributed by atoms with van der Waals surface area (Å²) >= 11 is 1.96. The number of carbonyl (C=O) groups is 1. The molecule has 0 bridgehead atoms. The molecule has 0 saturated heterocycles. The summed E-state index contributed by atoms with van der Waals surface area (Å²) in [6.45, 7) is 1.84. The van der Waals surface area contributed by atoms with Gasteiger partial charge in [0.2, 0.25) is 5.75 Å². The Bertz CT molecular complexity index is 430. The van der Waals surface area contributed by atoms with Crippen molar-refractivity contribution >= 4 is 34.2 Å². The van der Waals surface area contributed by atoms with Crippen molar-refractivity contribution in [2.45, 2.75) is 19.8 Å². The number of nitro benzene ring substituents is 1. The Morgan fingerprint density at radius 1 is 1.59 bits per heavy atom. The normalized spacial score (nSPS) is 9.29. The number of nitro groups is 1. The van der Waals surface area contributed by atoms with Gasteiger partial charge in [-0.25, -0.2) is 0 Å². The van der Waals surface area contributed by atoms with Gasteiger partial charge in [-0.1, -0.05) is 6.92 Å². The molecular formula is C10H11IKNO4. The molecule has 17 heavy (non-hydrogen) atoms. The van der Waals surface area contributed by atoms with E-state index in [1.165, 1.54) is 12.1 Å². The van der Waals surface area contributed by atoms with Gasteiger partial charge in [0, 0.05) is 16.1 Å². The van der Waals surface area contributed by atoms with Gasteiger partial charge >= 0.3 is 63.0 Å². The third-order valence-corrected chi connectivity index (χ3v) is 2.47. The third kappa shape index (κ3) is 5.75. The zero-order valence-corrected chi connectivity index (χ0v) is 14.9. The Morgan fingerprint density at radius 3 is 2.76 bits per heavy atom. The Labute approximate surface area is 156 Å². The van der Waals surface area contributed by atoms with Crippen LogP contribution in [0.2, 0.25) is 0 Å². The molecule has 0 unspecified atom stereocenters. The molecule has 0 aliphatic heterocycles. The summed E-state index contributed by atoms with van der Waals surface area (Å²) in [5, 5.41) is 10.7. The molecule has 0 amide bonds.